The predicted molar refractivity (Wildman–Crippen MR) is 39.6 cm³/mol. The molecule has 0 amide bonds. The molecule has 0 bridgehead atoms. The second-order valence-corrected chi connectivity index (χ2v) is 2.18. The molecule has 0 aliphatic carbocycles. The van der Waals surface area contributed by atoms with Crippen molar-refractivity contribution in [1.29, 1.82) is 0 Å². The number of aromatic nitrogens is 3. The molecular formula is C5H6ClN3O2. The molecular weight excluding hydrogens is 170 g/mol. The van der Waals surface area contributed by atoms with Crippen LogP contribution in [0.2, 0.25) is 0 Å². The van der Waals surface area contributed by atoms with Crippen molar-refractivity contribution in [2.75, 3.05) is 0 Å². The maximum absolute atomic E-state index is 11.0. The molecule has 0 atom stereocenters. The van der Waals surface area contributed by atoms with Crippen LogP contribution < -0.4 is 11.2 Å². The van der Waals surface area contributed by atoms with E-state index in [0.717, 1.165) is 15.4 Å². The maximum atomic E-state index is 11.0. The minimum Gasteiger partial charge on any atom is -0.267 e. The Labute approximate surface area is 66.8 Å². The molecule has 60 valence electrons. The Morgan fingerprint density at radius 2 is 2.27 bits per heavy atom. The molecule has 0 unspecified atom stereocenters. The number of hydrogen-bond acceptors (Lipinski definition) is 3. The fraction of sp³-hybridized carbons (Fsp3) is 0.400. The molecule has 11 heavy (non-hydrogen) atoms. The van der Waals surface area contributed by atoms with E-state index in [2.05, 4.69) is 5.10 Å². The summed E-state index contributed by atoms with van der Waals surface area (Å²) >= 11 is 5.34. The quantitative estimate of drug-likeness (QED) is 0.522. The van der Waals surface area contributed by atoms with Gasteiger partial charge in [0.05, 0.1) is 0 Å². The lowest BCUT2D eigenvalue weighted by Gasteiger charge is -1.98. The summed E-state index contributed by atoms with van der Waals surface area (Å²) in [5, 5.41) is 3.50. The van der Waals surface area contributed by atoms with Gasteiger partial charge in [-0.05, 0) is 0 Å². The molecule has 0 saturated carbocycles. The molecule has 0 N–H and O–H groups in total. The third-order valence-corrected chi connectivity index (χ3v) is 1.49. The maximum Gasteiger partial charge on any atom is 0.348 e. The molecule has 6 heteroatoms. The Kier molecular flexibility index (Phi) is 2.09. The van der Waals surface area contributed by atoms with Crippen LogP contribution in [0.3, 0.4) is 0 Å². The van der Waals surface area contributed by atoms with Gasteiger partial charge in [-0.15, -0.1) is 11.6 Å². The molecule has 1 heterocycles. The van der Waals surface area contributed by atoms with Crippen LogP contribution in [-0.4, -0.2) is 14.3 Å². The molecule has 0 saturated heterocycles. The molecule has 1 aromatic heterocycles. The van der Waals surface area contributed by atoms with Crippen molar-refractivity contribution in [3.05, 3.63) is 27.0 Å². The zero-order valence-corrected chi connectivity index (χ0v) is 6.58. The summed E-state index contributed by atoms with van der Waals surface area (Å²) in [6, 6.07) is -0.0487. The Balaban J connectivity index is 3.50. The first-order valence-electron chi connectivity index (χ1n) is 2.86. The molecule has 1 aromatic rings. The van der Waals surface area contributed by atoms with Gasteiger partial charge in [-0.1, -0.05) is 0 Å². The summed E-state index contributed by atoms with van der Waals surface area (Å²) in [6.45, 7) is 0. The predicted octanol–water partition coefficient (Wildman–Crippen LogP) is -0.862. The van der Waals surface area contributed by atoms with E-state index in [-0.39, 0.29) is 6.00 Å². The van der Waals surface area contributed by atoms with E-state index in [1.165, 1.54) is 7.05 Å². The average molecular weight is 176 g/mol. The summed E-state index contributed by atoms with van der Waals surface area (Å²) in [4.78, 5) is 21.8. The van der Waals surface area contributed by atoms with Crippen LogP contribution in [0.4, 0.5) is 0 Å². The Bertz CT molecular complexity index is 367. The van der Waals surface area contributed by atoms with Crippen molar-refractivity contribution in [3.63, 3.8) is 0 Å². The molecule has 0 aliphatic rings. The molecule has 0 spiro atoms. The monoisotopic (exact) mass is 175 g/mol. The zero-order valence-electron chi connectivity index (χ0n) is 5.82. The van der Waals surface area contributed by atoms with Gasteiger partial charge in [-0.25, -0.2) is 4.79 Å². The van der Waals surface area contributed by atoms with Crippen LogP contribution in [0, 0.1) is 0 Å². The number of rotatable bonds is 1. The number of nitrogens with zero attached hydrogens (tertiary/aromatic N) is 3. The molecule has 0 fully saturated rings. The zero-order chi connectivity index (χ0) is 8.43. The van der Waals surface area contributed by atoms with Crippen molar-refractivity contribution >= 4 is 11.6 Å². The first-order chi connectivity index (χ1) is 5.16. The van der Waals surface area contributed by atoms with Gasteiger partial charge in [0.2, 0.25) is 0 Å². The van der Waals surface area contributed by atoms with E-state index < -0.39 is 11.2 Å². The third kappa shape index (κ3) is 1.32. The minimum absolute atomic E-state index is 0.0487. The summed E-state index contributed by atoms with van der Waals surface area (Å²) in [6.07, 6.45) is 1.05. The standard InChI is InChI=1S/C5H6ClN3O2/c1-8-4(10)2-7-9(3-6)5(8)11/h2H,3H2,1H3. The van der Waals surface area contributed by atoms with Gasteiger partial charge in [0, 0.05) is 7.05 Å². The third-order valence-electron chi connectivity index (χ3n) is 1.26. The Morgan fingerprint density at radius 1 is 1.64 bits per heavy atom. The number of halogens is 1. The van der Waals surface area contributed by atoms with Crippen molar-refractivity contribution in [2.45, 2.75) is 6.00 Å². The topological polar surface area (TPSA) is 56.9 Å². The van der Waals surface area contributed by atoms with Crippen LogP contribution >= 0.6 is 11.6 Å². The van der Waals surface area contributed by atoms with Crippen LogP contribution in [0.5, 0.6) is 0 Å². The van der Waals surface area contributed by atoms with Crippen LogP contribution in [0.25, 0.3) is 0 Å². The van der Waals surface area contributed by atoms with Crippen molar-refractivity contribution in [1.82, 2.24) is 14.3 Å². The van der Waals surface area contributed by atoms with E-state index >= 15 is 0 Å². The highest BCUT2D eigenvalue weighted by molar-refractivity contribution is 6.15. The Morgan fingerprint density at radius 3 is 2.82 bits per heavy atom. The summed E-state index contributed by atoms with van der Waals surface area (Å²) < 4.78 is 1.93. The molecule has 0 aromatic carbocycles. The lowest BCUT2D eigenvalue weighted by Crippen LogP contribution is -2.38. The fourth-order valence-electron chi connectivity index (χ4n) is 0.604. The van der Waals surface area contributed by atoms with Gasteiger partial charge in [0.15, 0.2) is 0 Å². The molecule has 0 aliphatic heterocycles. The van der Waals surface area contributed by atoms with Gasteiger partial charge < -0.3 is 0 Å². The van der Waals surface area contributed by atoms with Gasteiger partial charge in [0.25, 0.3) is 5.56 Å². The highest BCUT2D eigenvalue weighted by atomic mass is 35.5. The summed E-state index contributed by atoms with van der Waals surface area (Å²) in [5.41, 5.74) is -0.941. The molecule has 5 nitrogen and oxygen atoms in total. The van der Waals surface area contributed by atoms with Crippen molar-refractivity contribution in [3.8, 4) is 0 Å². The fourth-order valence-corrected chi connectivity index (χ4v) is 0.768. The normalized spacial score (nSPS) is 10.0. The van der Waals surface area contributed by atoms with Crippen LogP contribution in [0.1, 0.15) is 0 Å². The van der Waals surface area contributed by atoms with Crippen molar-refractivity contribution in [2.24, 2.45) is 7.05 Å². The number of hydrogen-bond donors (Lipinski definition) is 0. The van der Waals surface area contributed by atoms with Gasteiger partial charge in [0.1, 0.15) is 12.2 Å². The van der Waals surface area contributed by atoms with E-state index in [1.807, 2.05) is 0 Å². The van der Waals surface area contributed by atoms with Gasteiger partial charge in [-0.2, -0.15) is 9.78 Å². The highest BCUT2D eigenvalue weighted by Gasteiger charge is 1.98. The number of alkyl halides is 1. The lowest BCUT2D eigenvalue weighted by atomic mass is 10.8. The van der Waals surface area contributed by atoms with Gasteiger partial charge >= 0.3 is 5.69 Å². The highest BCUT2D eigenvalue weighted by Crippen LogP contribution is 1.75. The SMILES string of the molecule is Cn1c(=O)cnn(CCl)c1=O. The Hall–Kier alpha value is -1.10. The molecule has 0 radical (unpaired) electrons. The lowest BCUT2D eigenvalue weighted by molar-refractivity contribution is 0.589. The second-order valence-electron chi connectivity index (χ2n) is 1.94. The van der Waals surface area contributed by atoms with E-state index in [0.29, 0.717) is 0 Å². The van der Waals surface area contributed by atoms with E-state index in [9.17, 15) is 9.59 Å². The minimum atomic E-state index is -0.507. The largest absolute Gasteiger partial charge is 0.348 e. The second kappa shape index (κ2) is 2.87. The average Bonchev–Trinajstić information content (AvgIpc) is 2.01. The first kappa shape index (κ1) is 8.00. The van der Waals surface area contributed by atoms with Crippen molar-refractivity contribution < 1.29 is 0 Å². The van der Waals surface area contributed by atoms with E-state index in [1.54, 1.807) is 0 Å². The van der Waals surface area contributed by atoms with Crippen LogP contribution in [-0.2, 0) is 13.1 Å². The summed E-state index contributed by atoms with van der Waals surface area (Å²) in [5.74, 6) is 0. The first-order valence-corrected chi connectivity index (χ1v) is 3.39. The van der Waals surface area contributed by atoms with Crippen LogP contribution in [0.15, 0.2) is 15.8 Å². The summed E-state index contributed by atoms with van der Waals surface area (Å²) in [7, 11) is 1.37. The van der Waals surface area contributed by atoms with E-state index in [4.69, 9.17) is 11.6 Å². The molecule has 1 rings (SSSR count). The smallest absolute Gasteiger partial charge is 0.267 e. The van der Waals surface area contributed by atoms with Gasteiger partial charge in [-0.3, -0.25) is 9.36 Å².